The lowest BCUT2D eigenvalue weighted by Gasteiger charge is -2.34. The molecule has 3 saturated heterocycles. The summed E-state index contributed by atoms with van der Waals surface area (Å²) in [7, 11) is 0. The van der Waals surface area contributed by atoms with Gasteiger partial charge in [-0.2, -0.15) is 0 Å². The second kappa shape index (κ2) is 10.4. The fraction of sp³-hybridized carbons (Fsp3) is 0.654. The number of amides is 3. The van der Waals surface area contributed by atoms with Gasteiger partial charge in [0.15, 0.2) is 0 Å². The molecule has 0 radical (unpaired) electrons. The molecule has 1 spiro atoms. The lowest BCUT2D eigenvalue weighted by molar-refractivity contribution is -0.146. The molecule has 0 aliphatic carbocycles. The van der Waals surface area contributed by atoms with Crippen LogP contribution in [0.1, 0.15) is 58.8 Å². The van der Waals surface area contributed by atoms with Crippen molar-refractivity contribution >= 4 is 35.0 Å². The fourth-order valence-electron chi connectivity index (χ4n) is 6.35. The number of hydrogen-bond acceptors (Lipinski definition) is 5. The highest BCUT2D eigenvalue weighted by Gasteiger charge is 2.78. The van der Waals surface area contributed by atoms with E-state index in [2.05, 4.69) is 10.6 Å². The molecule has 3 aliphatic heterocycles. The average Bonchev–Trinajstić information content (AvgIpc) is 3.45. The maximum Gasteiger partial charge on any atom is 0.250 e. The number of likely N-dealkylation sites (tertiary alicyclic amines) is 1. The number of rotatable bonds is 11. The lowest BCUT2D eigenvalue weighted by atomic mass is 9.65. The van der Waals surface area contributed by atoms with Gasteiger partial charge in [0.1, 0.15) is 11.6 Å². The first-order valence-electron chi connectivity index (χ1n) is 12.8. The number of fused-ring (bicyclic) bond motifs is 1. The molecule has 0 saturated carbocycles. The fourth-order valence-corrected chi connectivity index (χ4v) is 6.53. The van der Waals surface area contributed by atoms with Gasteiger partial charge in [-0.05, 0) is 57.1 Å². The van der Waals surface area contributed by atoms with Crippen LogP contribution in [0.3, 0.4) is 0 Å². The highest BCUT2D eigenvalue weighted by molar-refractivity contribution is 6.33. The molecule has 2 bridgehead atoms. The minimum absolute atomic E-state index is 0.0821. The Labute approximate surface area is 211 Å². The number of aliphatic hydroxyl groups excluding tert-OH is 1. The molecular formula is C26H36ClN3O5. The van der Waals surface area contributed by atoms with Gasteiger partial charge in [0.05, 0.1) is 28.1 Å². The lowest BCUT2D eigenvalue weighted by Crippen LogP contribution is -2.53. The van der Waals surface area contributed by atoms with Crippen LogP contribution >= 0.6 is 11.6 Å². The number of carbonyl (C=O) groups excluding carboxylic acids is 3. The molecule has 2 unspecified atom stereocenters. The van der Waals surface area contributed by atoms with Crippen molar-refractivity contribution in [1.29, 1.82) is 0 Å². The zero-order valence-electron chi connectivity index (χ0n) is 20.5. The number of ether oxygens (including phenoxy) is 1. The zero-order valence-corrected chi connectivity index (χ0v) is 21.3. The molecule has 1 aromatic rings. The van der Waals surface area contributed by atoms with Crippen LogP contribution in [-0.4, -0.2) is 64.7 Å². The van der Waals surface area contributed by atoms with E-state index in [1.54, 1.807) is 29.2 Å². The summed E-state index contributed by atoms with van der Waals surface area (Å²) in [4.78, 5) is 42.7. The molecule has 3 amide bonds. The highest BCUT2D eigenvalue weighted by Crippen LogP contribution is 2.64. The van der Waals surface area contributed by atoms with Gasteiger partial charge in [-0.25, -0.2) is 0 Å². The van der Waals surface area contributed by atoms with Crippen molar-refractivity contribution in [1.82, 2.24) is 10.2 Å². The number of nitrogens with one attached hydrogen (secondary N) is 2. The number of unbranched alkanes of at least 4 members (excludes halogenated alkanes) is 2. The van der Waals surface area contributed by atoms with E-state index in [-0.39, 0.29) is 24.3 Å². The van der Waals surface area contributed by atoms with Gasteiger partial charge in [0.2, 0.25) is 17.7 Å². The Morgan fingerprint density at radius 2 is 1.94 bits per heavy atom. The van der Waals surface area contributed by atoms with Crippen LogP contribution in [-0.2, 0) is 19.1 Å². The Hall–Kier alpha value is -2.16. The molecule has 4 rings (SSSR count). The first-order valence-corrected chi connectivity index (χ1v) is 13.2. The maximum atomic E-state index is 13.9. The molecule has 3 N–H and O–H groups in total. The molecule has 0 aromatic heterocycles. The van der Waals surface area contributed by atoms with Crippen LogP contribution in [0.25, 0.3) is 0 Å². The second-order valence-electron chi connectivity index (χ2n) is 9.91. The van der Waals surface area contributed by atoms with Gasteiger partial charge in [-0.3, -0.25) is 14.4 Å². The van der Waals surface area contributed by atoms with Gasteiger partial charge in [-0.1, -0.05) is 37.6 Å². The number of para-hydroxylation sites is 1. The van der Waals surface area contributed by atoms with Gasteiger partial charge in [-0.15, -0.1) is 0 Å². The quantitative estimate of drug-likeness (QED) is 0.400. The van der Waals surface area contributed by atoms with E-state index in [1.807, 2.05) is 13.8 Å². The Kier molecular flexibility index (Phi) is 7.74. The summed E-state index contributed by atoms with van der Waals surface area (Å²) < 4.78 is 6.71. The molecule has 3 fully saturated rings. The molecule has 35 heavy (non-hydrogen) atoms. The summed E-state index contributed by atoms with van der Waals surface area (Å²) in [6, 6.07) is 6.13. The van der Waals surface area contributed by atoms with E-state index in [9.17, 15) is 14.4 Å². The molecule has 5 atom stereocenters. The first kappa shape index (κ1) is 25.9. The molecule has 3 aliphatic rings. The summed E-state index contributed by atoms with van der Waals surface area (Å²) in [5.74, 6) is -2.04. The van der Waals surface area contributed by atoms with E-state index < -0.39 is 29.1 Å². The zero-order chi connectivity index (χ0) is 25.2. The Morgan fingerprint density at radius 1 is 1.17 bits per heavy atom. The number of hydrogen-bond donors (Lipinski definition) is 3. The number of nitrogens with zero attached hydrogens (tertiary/aromatic N) is 1. The van der Waals surface area contributed by atoms with E-state index in [0.29, 0.717) is 55.9 Å². The molecule has 3 heterocycles. The molecule has 1 aromatic carbocycles. The monoisotopic (exact) mass is 505 g/mol. The van der Waals surface area contributed by atoms with Crippen LogP contribution in [0.4, 0.5) is 5.69 Å². The van der Waals surface area contributed by atoms with Crippen molar-refractivity contribution in [3.8, 4) is 0 Å². The maximum absolute atomic E-state index is 13.9. The standard InChI is InChI=1S/C26H36ClN3O5/c1-3-14-28-22(32)19-20-24(34)30(15-8-5-9-16-31)21(26(20)13-12-25(19,4-2)35-26)23(33)29-18-11-7-6-10-17(18)27/h6-7,10-11,19-21,31H,3-5,8-9,12-16H2,1-2H3,(H,28,32)(H,29,33)/t19-,20-,21?,25+,26?/m0/s1. The van der Waals surface area contributed by atoms with E-state index >= 15 is 0 Å². The van der Waals surface area contributed by atoms with Gasteiger partial charge in [0, 0.05) is 19.7 Å². The summed E-state index contributed by atoms with van der Waals surface area (Å²) in [5, 5.41) is 15.5. The third-order valence-corrected chi connectivity index (χ3v) is 8.28. The van der Waals surface area contributed by atoms with Gasteiger partial charge < -0.3 is 25.4 Å². The van der Waals surface area contributed by atoms with Crippen LogP contribution in [0, 0.1) is 11.8 Å². The van der Waals surface area contributed by atoms with E-state index in [4.69, 9.17) is 21.4 Å². The second-order valence-corrected chi connectivity index (χ2v) is 10.3. The van der Waals surface area contributed by atoms with Crippen molar-refractivity contribution in [2.75, 3.05) is 25.0 Å². The molecule has 9 heteroatoms. The third kappa shape index (κ3) is 4.34. The number of aliphatic hydroxyl groups is 1. The first-order chi connectivity index (χ1) is 16.8. The SMILES string of the molecule is CCCNC(=O)[C@@H]1[C@H]2C(=O)N(CCCCCO)C(C(=O)Nc3ccccc3Cl)C23CC[C@@]1(CC)O3. The van der Waals surface area contributed by atoms with Crippen molar-refractivity contribution in [3.63, 3.8) is 0 Å². The topological polar surface area (TPSA) is 108 Å². The van der Waals surface area contributed by atoms with Crippen LogP contribution in [0.15, 0.2) is 24.3 Å². The summed E-state index contributed by atoms with van der Waals surface area (Å²) in [6.07, 6.45) is 4.58. The molecule has 8 nitrogen and oxygen atoms in total. The largest absolute Gasteiger partial charge is 0.396 e. The van der Waals surface area contributed by atoms with Gasteiger partial charge >= 0.3 is 0 Å². The summed E-state index contributed by atoms with van der Waals surface area (Å²) >= 11 is 6.30. The Balaban J connectivity index is 1.70. The normalized spacial score (nSPS) is 31.0. The van der Waals surface area contributed by atoms with Gasteiger partial charge in [0.25, 0.3) is 0 Å². The van der Waals surface area contributed by atoms with E-state index in [1.165, 1.54) is 0 Å². The third-order valence-electron chi connectivity index (χ3n) is 7.95. The Morgan fingerprint density at radius 3 is 2.63 bits per heavy atom. The Bertz CT molecular complexity index is 974. The molecule has 192 valence electrons. The minimum atomic E-state index is -1.05. The number of anilines is 1. The van der Waals surface area contributed by atoms with Crippen LogP contribution < -0.4 is 10.6 Å². The number of benzene rings is 1. The molecular weight excluding hydrogens is 470 g/mol. The smallest absolute Gasteiger partial charge is 0.250 e. The van der Waals surface area contributed by atoms with Crippen LogP contribution in [0.5, 0.6) is 0 Å². The van der Waals surface area contributed by atoms with Crippen molar-refractivity contribution in [3.05, 3.63) is 29.3 Å². The van der Waals surface area contributed by atoms with Crippen molar-refractivity contribution in [2.45, 2.75) is 76.0 Å². The number of carbonyl (C=O) groups is 3. The van der Waals surface area contributed by atoms with Crippen LogP contribution in [0.2, 0.25) is 5.02 Å². The minimum Gasteiger partial charge on any atom is -0.396 e. The highest BCUT2D eigenvalue weighted by atomic mass is 35.5. The number of halogens is 1. The van der Waals surface area contributed by atoms with E-state index in [0.717, 1.165) is 12.8 Å². The summed E-state index contributed by atoms with van der Waals surface area (Å²) in [5.41, 5.74) is -1.32. The summed E-state index contributed by atoms with van der Waals surface area (Å²) in [6.45, 7) is 4.95. The average molecular weight is 506 g/mol. The van der Waals surface area contributed by atoms with Crippen molar-refractivity contribution in [2.24, 2.45) is 11.8 Å². The van der Waals surface area contributed by atoms with Crippen molar-refractivity contribution < 1.29 is 24.2 Å². The predicted molar refractivity (Wildman–Crippen MR) is 133 cm³/mol. The predicted octanol–water partition coefficient (Wildman–Crippen LogP) is 3.12.